The van der Waals surface area contributed by atoms with Crippen LogP contribution in [0.25, 0.3) is 0 Å². The van der Waals surface area contributed by atoms with Gasteiger partial charge in [0.2, 0.25) is 17.7 Å². The van der Waals surface area contributed by atoms with E-state index in [1.807, 2.05) is 32.0 Å². The lowest BCUT2D eigenvalue weighted by atomic mass is 10.1. The highest BCUT2D eigenvalue weighted by Gasteiger charge is 2.42. The van der Waals surface area contributed by atoms with E-state index in [0.29, 0.717) is 6.42 Å². The summed E-state index contributed by atoms with van der Waals surface area (Å²) in [6.45, 7) is 4.53. The SMILES string of the molecule is Cc1cc(C)cc(CCNc2nc(OC(=O)C(F)(F)F)c(C)n(CC(=O)NCCON=C(N)N)c2=O)c1. The molecule has 0 unspecified atom stereocenters. The van der Waals surface area contributed by atoms with Crippen molar-refractivity contribution < 1.29 is 32.3 Å². The van der Waals surface area contributed by atoms with Gasteiger partial charge in [0, 0.05) is 6.54 Å². The van der Waals surface area contributed by atoms with Crippen molar-refractivity contribution in [1.29, 1.82) is 0 Å². The Balaban J connectivity index is 2.25. The van der Waals surface area contributed by atoms with Crippen LogP contribution in [0.3, 0.4) is 0 Å². The molecule has 0 spiro atoms. The molecule has 1 aromatic heterocycles. The summed E-state index contributed by atoms with van der Waals surface area (Å²) < 4.78 is 43.6. The van der Waals surface area contributed by atoms with Crippen LogP contribution in [0.1, 0.15) is 22.4 Å². The Kier molecular flexibility index (Phi) is 9.85. The molecule has 15 heteroatoms. The van der Waals surface area contributed by atoms with Crippen molar-refractivity contribution in [3.8, 4) is 5.88 Å². The first-order valence-electron chi connectivity index (χ1n) is 11.0. The molecule has 6 N–H and O–H groups in total. The topological polar surface area (TPSA) is 176 Å². The quantitative estimate of drug-likeness (QED) is 0.107. The standard InChI is InChI=1S/C22H28F3N7O5/c1-12-8-13(2)10-15(9-12)4-5-29-17-19(34)32(11-16(33)28-6-7-36-31-21(26)27)14(3)18(30-17)37-20(35)22(23,24)25/h8-10H,4-7,11H2,1-3H3,(H,28,33)(H,29,30)(H4,26,27,31). The van der Waals surface area contributed by atoms with Crippen molar-refractivity contribution in [1.82, 2.24) is 14.9 Å². The van der Waals surface area contributed by atoms with Crippen LogP contribution in [0.2, 0.25) is 0 Å². The van der Waals surface area contributed by atoms with Crippen LogP contribution in [0.5, 0.6) is 5.88 Å². The van der Waals surface area contributed by atoms with Crippen LogP contribution in [0, 0.1) is 20.8 Å². The van der Waals surface area contributed by atoms with Crippen LogP contribution >= 0.6 is 0 Å². The lowest BCUT2D eigenvalue weighted by Gasteiger charge is -2.16. The van der Waals surface area contributed by atoms with E-state index in [1.165, 1.54) is 6.92 Å². The monoisotopic (exact) mass is 527 g/mol. The third-order valence-electron chi connectivity index (χ3n) is 4.77. The molecule has 0 fully saturated rings. The third kappa shape index (κ3) is 9.01. The molecule has 12 nitrogen and oxygen atoms in total. The minimum absolute atomic E-state index is 0.0363. The third-order valence-corrected chi connectivity index (χ3v) is 4.77. The van der Waals surface area contributed by atoms with Gasteiger partial charge < -0.3 is 31.7 Å². The van der Waals surface area contributed by atoms with E-state index in [0.717, 1.165) is 21.3 Å². The molecular weight excluding hydrogens is 499 g/mol. The van der Waals surface area contributed by atoms with Crippen LogP contribution in [-0.2, 0) is 27.4 Å². The van der Waals surface area contributed by atoms with E-state index in [9.17, 15) is 27.6 Å². The maximum atomic E-state index is 13.0. The summed E-state index contributed by atoms with van der Waals surface area (Å²) in [5.74, 6) is -4.66. The predicted octanol–water partition coefficient (Wildman–Crippen LogP) is 0.612. The zero-order valence-electron chi connectivity index (χ0n) is 20.4. The number of nitrogens with one attached hydrogen (secondary N) is 2. The van der Waals surface area contributed by atoms with E-state index < -0.39 is 36.0 Å². The van der Waals surface area contributed by atoms with Crippen LogP contribution in [0.15, 0.2) is 28.1 Å². The number of alkyl halides is 3. The normalized spacial score (nSPS) is 11.0. The number of carbonyl (C=O) groups is 2. The number of aromatic nitrogens is 2. The van der Waals surface area contributed by atoms with Crippen molar-refractivity contribution in [2.45, 2.75) is 39.9 Å². The number of benzene rings is 1. The summed E-state index contributed by atoms with van der Waals surface area (Å²) in [6, 6.07) is 5.90. The maximum Gasteiger partial charge on any atom is 0.491 e. The van der Waals surface area contributed by atoms with Gasteiger partial charge in [0.15, 0.2) is 5.82 Å². The second-order valence-corrected chi connectivity index (χ2v) is 8.00. The maximum absolute atomic E-state index is 13.0. The van der Waals surface area contributed by atoms with Gasteiger partial charge in [0.1, 0.15) is 13.2 Å². The minimum atomic E-state index is -5.29. The Hall–Kier alpha value is -4.30. The van der Waals surface area contributed by atoms with Crippen LogP contribution in [-0.4, -0.2) is 53.3 Å². The molecule has 0 aliphatic rings. The predicted molar refractivity (Wildman–Crippen MR) is 128 cm³/mol. The van der Waals surface area contributed by atoms with Crippen molar-refractivity contribution >= 4 is 23.7 Å². The number of anilines is 1. The van der Waals surface area contributed by atoms with E-state index in [-0.39, 0.29) is 37.2 Å². The van der Waals surface area contributed by atoms with E-state index in [1.54, 1.807) is 0 Å². The van der Waals surface area contributed by atoms with Gasteiger partial charge in [0.05, 0.1) is 12.2 Å². The van der Waals surface area contributed by atoms with Crippen molar-refractivity contribution in [2.75, 3.05) is 25.0 Å². The molecule has 0 aliphatic carbocycles. The van der Waals surface area contributed by atoms with Crippen LogP contribution < -0.4 is 32.4 Å². The number of aryl methyl sites for hydroxylation is 2. The molecule has 0 aliphatic heterocycles. The zero-order valence-corrected chi connectivity index (χ0v) is 20.4. The summed E-state index contributed by atoms with van der Waals surface area (Å²) in [7, 11) is 0. The smallest absolute Gasteiger partial charge is 0.399 e. The first-order valence-corrected chi connectivity index (χ1v) is 11.0. The number of guanidine groups is 1. The van der Waals surface area contributed by atoms with E-state index in [4.69, 9.17) is 16.3 Å². The molecule has 0 saturated heterocycles. The number of hydrogen-bond donors (Lipinski definition) is 4. The van der Waals surface area contributed by atoms with Crippen molar-refractivity contribution in [3.63, 3.8) is 0 Å². The van der Waals surface area contributed by atoms with Gasteiger partial charge in [0.25, 0.3) is 5.56 Å². The lowest BCUT2D eigenvalue weighted by Crippen LogP contribution is -2.37. The molecule has 0 radical (unpaired) electrons. The molecule has 0 bridgehead atoms. The van der Waals surface area contributed by atoms with E-state index >= 15 is 0 Å². The Morgan fingerprint density at radius 3 is 2.35 bits per heavy atom. The van der Waals surface area contributed by atoms with Gasteiger partial charge in [-0.1, -0.05) is 29.3 Å². The van der Waals surface area contributed by atoms with Crippen LogP contribution in [0.4, 0.5) is 19.0 Å². The van der Waals surface area contributed by atoms with E-state index in [2.05, 4.69) is 25.5 Å². The highest BCUT2D eigenvalue weighted by molar-refractivity contribution is 5.78. The summed E-state index contributed by atoms with van der Waals surface area (Å²) >= 11 is 0. The van der Waals surface area contributed by atoms with Gasteiger partial charge in [-0.2, -0.15) is 18.2 Å². The first-order chi connectivity index (χ1) is 17.3. The molecule has 0 atom stereocenters. The number of oxime groups is 1. The summed E-state index contributed by atoms with van der Waals surface area (Å²) in [6.07, 6.45) is -4.83. The number of rotatable bonds is 11. The van der Waals surface area contributed by atoms with Gasteiger partial charge in [-0.05, 0) is 37.9 Å². The number of nitrogens with zero attached hydrogens (tertiary/aromatic N) is 3. The highest BCUT2D eigenvalue weighted by atomic mass is 19.4. The fraction of sp³-hybridized carbons (Fsp3) is 0.409. The molecule has 1 heterocycles. The number of esters is 1. The van der Waals surface area contributed by atoms with Gasteiger partial charge in [-0.3, -0.25) is 14.2 Å². The van der Waals surface area contributed by atoms with Crippen molar-refractivity contribution in [2.24, 2.45) is 16.6 Å². The number of halogens is 3. The second kappa shape index (κ2) is 12.6. The Morgan fingerprint density at radius 2 is 1.76 bits per heavy atom. The minimum Gasteiger partial charge on any atom is -0.399 e. The molecule has 202 valence electrons. The molecule has 37 heavy (non-hydrogen) atoms. The highest BCUT2D eigenvalue weighted by Crippen LogP contribution is 2.22. The fourth-order valence-corrected chi connectivity index (χ4v) is 3.27. The largest absolute Gasteiger partial charge is 0.491 e. The number of nitrogens with two attached hydrogens (primary N) is 2. The Labute approximate surface area is 209 Å². The number of ether oxygens (including phenoxy) is 1. The molecule has 1 aromatic carbocycles. The van der Waals surface area contributed by atoms with Gasteiger partial charge in [-0.25, -0.2) is 4.79 Å². The summed E-state index contributed by atoms with van der Waals surface area (Å²) in [5, 5.41) is 8.47. The molecule has 2 rings (SSSR count). The molecule has 0 saturated carbocycles. The lowest BCUT2D eigenvalue weighted by molar-refractivity contribution is -0.190. The second-order valence-electron chi connectivity index (χ2n) is 8.00. The number of hydrogen-bond acceptors (Lipinski definition) is 8. The van der Waals surface area contributed by atoms with Crippen molar-refractivity contribution in [3.05, 3.63) is 50.9 Å². The molecule has 2 aromatic rings. The summed E-state index contributed by atoms with van der Waals surface area (Å²) in [4.78, 5) is 45.2. The molecular formula is C22H28F3N7O5. The summed E-state index contributed by atoms with van der Waals surface area (Å²) in [5.41, 5.74) is 12.2. The fourth-order valence-electron chi connectivity index (χ4n) is 3.27. The first kappa shape index (κ1) is 28.9. The number of amides is 1. The average Bonchev–Trinajstić information content (AvgIpc) is 2.77. The Morgan fingerprint density at radius 1 is 1.11 bits per heavy atom. The number of carbonyl (C=O) groups excluding carboxylic acids is 2. The van der Waals surface area contributed by atoms with Gasteiger partial charge >= 0.3 is 12.1 Å². The Bertz CT molecular complexity index is 1200. The average molecular weight is 528 g/mol. The van der Waals surface area contributed by atoms with Gasteiger partial charge in [-0.15, -0.1) is 0 Å². The zero-order chi connectivity index (χ0) is 27.8. The molecule has 1 amide bonds.